The molecule has 0 spiro atoms. The Kier molecular flexibility index (Phi) is 5.20. The second kappa shape index (κ2) is 7.78. The standard InChI is InChI=1S/C21H18Cl2N4O/c1-13-18(21(28)24-12-14-6-3-2-4-7-14)20(27-17(26-13)10-11-25-27)15-8-5-9-16(22)19(15)23/h2-11,18,20H,12H2,1H3,(H,24,28). The lowest BCUT2D eigenvalue weighted by Gasteiger charge is -2.31. The van der Waals surface area contributed by atoms with Gasteiger partial charge in [-0.2, -0.15) is 5.10 Å². The Bertz CT molecular complexity index is 1050. The predicted molar refractivity (Wildman–Crippen MR) is 111 cm³/mol. The molecule has 0 bridgehead atoms. The summed E-state index contributed by atoms with van der Waals surface area (Å²) in [4.78, 5) is 17.8. The van der Waals surface area contributed by atoms with Gasteiger partial charge in [-0.25, -0.2) is 9.67 Å². The average molecular weight is 413 g/mol. The van der Waals surface area contributed by atoms with Crippen LogP contribution in [0.25, 0.3) is 0 Å². The number of rotatable bonds is 4. The first kappa shape index (κ1) is 18.7. The van der Waals surface area contributed by atoms with Crippen LogP contribution in [0, 0.1) is 5.92 Å². The van der Waals surface area contributed by atoms with E-state index < -0.39 is 12.0 Å². The van der Waals surface area contributed by atoms with Crippen molar-refractivity contribution in [3.05, 3.63) is 82.0 Å². The van der Waals surface area contributed by atoms with Gasteiger partial charge in [-0.15, -0.1) is 0 Å². The molecular weight excluding hydrogens is 395 g/mol. The van der Waals surface area contributed by atoms with E-state index in [9.17, 15) is 4.79 Å². The molecule has 4 rings (SSSR count). The van der Waals surface area contributed by atoms with Crippen molar-refractivity contribution in [1.29, 1.82) is 0 Å². The number of carbonyl (C=O) groups excluding carboxylic acids is 1. The van der Waals surface area contributed by atoms with E-state index in [2.05, 4.69) is 15.4 Å². The zero-order chi connectivity index (χ0) is 19.7. The summed E-state index contributed by atoms with van der Waals surface area (Å²) in [5.74, 6) is 0.00465. The van der Waals surface area contributed by atoms with Crippen molar-refractivity contribution in [3.63, 3.8) is 0 Å². The van der Waals surface area contributed by atoms with Crippen LogP contribution < -0.4 is 5.32 Å². The minimum absolute atomic E-state index is 0.132. The molecule has 0 aliphatic carbocycles. The molecule has 3 aromatic rings. The Hall–Kier alpha value is -2.63. The Labute approximate surface area is 173 Å². The van der Waals surface area contributed by atoms with Crippen molar-refractivity contribution in [2.75, 3.05) is 0 Å². The van der Waals surface area contributed by atoms with E-state index in [0.717, 1.165) is 11.1 Å². The smallest absolute Gasteiger partial charge is 0.231 e. The minimum Gasteiger partial charge on any atom is -0.351 e. The zero-order valence-corrected chi connectivity index (χ0v) is 16.7. The van der Waals surface area contributed by atoms with Crippen LogP contribution >= 0.6 is 23.2 Å². The summed E-state index contributed by atoms with van der Waals surface area (Å²) in [5, 5.41) is 8.28. The molecule has 1 N–H and O–H groups in total. The molecule has 1 aromatic heterocycles. The number of amides is 1. The maximum absolute atomic E-state index is 13.2. The molecule has 1 aliphatic heterocycles. The Morgan fingerprint density at radius 1 is 1.11 bits per heavy atom. The number of aromatic nitrogens is 2. The van der Waals surface area contributed by atoms with Crippen LogP contribution in [0.2, 0.25) is 10.0 Å². The van der Waals surface area contributed by atoms with Crippen LogP contribution in [-0.4, -0.2) is 21.4 Å². The van der Waals surface area contributed by atoms with Gasteiger partial charge in [0.15, 0.2) is 5.82 Å². The molecule has 0 fully saturated rings. The molecule has 2 unspecified atom stereocenters. The van der Waals surface area contributed by atoms with Gasteiger partial charge in [0, 0.05) is 18.3 Å². The Morgan fingerprint density at radius 3 is 2.68 bits per heavy atom. The molecular formula is C21H18Cl2N4O. The number of benzene rings is 2. The van der Waals surface area contributed by atoms with Gasteiger partial charge in [-0.1, -0.05) is 65.7 Å². The van der Waals surface area contributed by atoms with Crippen LogP contribution in [-0.2, 0) is 11.3 Å². The van der Waals surface area contributed by atoms with Crippen LogP contribution in [0.15, 0.2) is 65.8 Å². The topological polar surface area (TPSA) is 59.3 Å². The number of nitrogens with zero attached hydrogens (tertiary/aromatic N) is 3. The summed E-state index contributed by atoms with van der Waals surface area (Å²) < 4.78 is 1.73. The maximum Gasteiger partial charge on any atom is 0.231 e. The lowest BCUT2D eigenvalue weighted by molar-refractivity contribution is -0.124. The fourth-order valence-electron chi connectivity index (χ4n) is 3.52. The largest absolute Gasteiger partial charge is 0.351 e. The van der Waals surface area contributed by atoms with Gasteiger partial charge in [-0.05, 0) is 24.1 Å². The fourth-order valence-corrected chi connectivity index (χ4v) is 3.94. The summed E-state index contributed by atoms with van der Waals surface area (Å²) >= 11 is 12.8. The van der Waals surface area contributed by atoms with Crippen LogP contribution in [0.3, 0.4) is 0 Å². The molecule has 28 heavy (non-hydrogen) atoms. The van der Waals surface area contributed by atoms with E-state index in [0.29, 0.717) is 28.1 Å². The molecule has 1 aliphatic rings. The second-order valence-electron chi connectivity index (χ2n) is 6.66. The summed E-state index contributed by atoms with van der Waals surface area (Å²) in [6, 6.07) is 16.6. The highest BCUT2D eigenvalue weighted by Crippen LogP contribution is 2.40. The SMILES string of the molecule is CC1=Nc2ccnn2C(c2cccc(Cl)c2Cl)C1C(=O)NCc1ccccc1. The minimum atomic E-state index is -0.549. The molecule has 2 aromatic carbocycles. The summed E-state index contributed by atoms with van der Waals surface area (Å²) in [6.07, 6.45) is 1.67. The van der Waals surface area contributed by atoms with Gasteiger partial charge in [0.1, 0.15) is 5.92 Å². The number of hydrogen-bond acceptors (Lipinski definition) is 3. The third-order valence-corrected chi connectivity index (χ3v) is 5.70. The molecule has 7 heteroatoms. The molecule has 5 nitrogen and oxygen atoms in total. The molecule has 1 amide bonds. The number of nitrogens with one attached hydrogen (secondary N) is 1. The number of aliphatic imine (C=N–C) groups is 1. The van der Waals surface area contributed by atoms with Gasteiger partial charge in [0.2, 0.25) is 5.91 Å². The monoisotopic (exact) mass is 412 g/mol. The lowest BCUT2D eigenvalue weighted by atomic mass is 9.87. The predicted octanol–water partition coefficient (Wildman–Crippen LogP) is 4.82. The Morgan fingerprint density at radius 2 is 1.89 bits per heavy atom. The highest BCUT2D eigenvalue weighted by atomic mass is 35.5. The van der Waals surface area contributed by atoms with Crippen LogP contribution in [0.1, 0.15) is 24.1 Å². The van der Waals surface area contributed by atoms with E-state index in [1.165, 1.54) is 0 Å². The second-order valence-corrected chi connectivity index (χ2v) is 7.44. The summed E-state index contributed by atoms with van der Waals surface area (Å²) in [6.45, 7) is 2.29. The molecule has 2 atom stereocenters. The van der Waals surface area contributed by atoms with E-state index in [4.69, 9.17) is 23.2 Å². The van der Waals surface area contributed by atoms with Gasteiger partial charge in [-0.3, -0.25) is 4.79 Å². The normalized spacial score (nSPS) is 18.3. The maximum atomic E-state index is 13.2. The number of carbonyl (C=O) groups is 1. The molecule has 0 radical (unpaired) electrons. The number of fused-ring (bicyclic) bond motifs is 1. The highest BCUT2D eigenvalue weighted by molar-refractivity contribution is 6.42. The average Bonchev–Trinajstić information content (AvgIpc) is 3.16. The van der Waals surface area contributed by atoms with Crippen LogP contribution in [0.5, 0.6) is 0 Å². The molecule has 0 saturated carbocycles. The van der Waals surface area contributed by atoms with Crippen molar-refractivity contribution in [3.8, 4) is 0 Å². The van der Waals surface area contributed by atoms with E-state index >= 15 is 0 Å². The first-order chi connectivity index (χ1) is 13.6. The zero-order valence-electron chi connectivity index (χ0n) is 15.1. The molecule has 142 valence electrons. The first-order valence-corrected chi connectivity index (χ1v) is 9.66. The molecule has 0 saturated heterocycles. The summed E-state index contributed by atoms with van der Waals surface area (Å²) in [5.41, 5.74) is 2.48. The van der Waals surface area contributed by atoms with E-state index in [1.807, 2.05) is 55.5 Å². The number of halogens is 2. The van der Waals surface area contributed by atoms with Gasteiger partial charge < -0.3 is 5.32 Å². The third-order valence-electron chi connectivity index (χ3n) is 4.86. The van der Waals surface area contributed by atoms with Crippen molar-refractivity contribution in [2.45, 2.75) is 19.5 Å². The van der Waals surface area contributed by atoms with E-state index in [1.54, 1.807) is 16.9 Å². The van der Waals surface area contributed by atoms with E-state index in [-0.39, 0.29) is 5.91 Å². The van der Waals surface area contributed by atoms with Crippen molar-refractivity contribution in [1.82, 2.24) is 15.1 Å². The van der Waals surface area contributed by atoms with Gasteiger partial charge in [0.05, 0.1) is 22.3 Å². The first-order valence-electron chi connectivity index (χ1n) is 8.90. The van der Waals surface area contributed by atoms with Gasteiger partial charge >= 0.3 is 0 Å². The molecule has 2 heterocycles. The lowest BCUT2D eigenvalue weighted by Crippen LogP contribution is -2.42. The van der Waals surface area contributed by atoms with Crippen molar-refractivity contribution < 1.29 is 4.79 Å². The Balaban J connectivity index is 1.71. The van der Waals surface area contributed by atoms with Crippen molar-refractivity contribution in [2.24, 2.45) is 10.9 Å². The third kappa shape index (κ3) is 3.43. The quantitative estimate of drug-likeness (QED) is 0.667. The van der Waals surface area contributed by atoms with Gasteiger partial charge in [0.25, 0.3) is 0 Å². The highest BCUT2D eigenvalue weighted by Gasteiger charge is 2.39. The fraction of sp³-hybridized carbons (Fsp3) is 0.190. The van der Waals surface area contributed by atoms with Crippen LogP contribution in [0.4, 0.5) is 5.82 Å². The summed E-state index contributed by atoms with van der Waals surface area (Å²) in [7, 11) is 0. The van der Waals surface area contributed by atoms with Crippen molar-refractivity contribution >= 4 is 40.6 Å². The number of hydrogen-bond donors (Lipinski definition) is 1.